The highest BCUT2D eigenvalue weighted by molar-refractivity contribution is 7.99. The standard InChI is InChI=1S/C16H21NO3S/c1-12-2-4-13(5-3-12)10-21-11-15(18)17-7-6-14(9-17)8-16(19)20/h2-5,14H,6-11H2,1H3,(H,19,20). The first-order chi connectivity index (χ1) is 10.0. The molecule has 0 saturated carbocycles. The maximum absolute atomic E-state index is 12.1. The van der Waals surface area contributed by atoms with Crippen LogP contribution in [0.15, 0.2) is 24.3 Å². The topological polar surface area (TPSA) is 57.6 Å². The van der Waals surface area contributed by atoms with Crippen LogP contribution in [0.25, 0.3) is 0 Å². The summed E-state index contributed by atoms with van der Waals surface area (Å²) in [6, 6.07) is 8.33. The zero-order valence-electron chi connectivity index (χ0n) is 12.2. The van der Waals surface area contributed by atoms with Crippen LogP contribution in [-0.4, -0.2) is 40.7 Å². The van der Waals surface area contributed by atoms with Gasteiger partial charge in [-0.1, -0.05) is 29.8 Å². The number of carbonyl (C=O) groups is 2. The van der Waals surface area contributed by atoms with E-state index in [-0.39, 0.29) is 18.2 Å². The van der Waals surface area contributed by atoms with E-state index in [1.165, 1.54) is 11.1 Å². The molecule has 0 aromatic heterocycles. The summed E-state index contributed by atoms with van der Waals surface area (Å²) >= 11 is 1.61. The molecule has 1 unspecified atom stereocenters. The Hall–Kier alpha value is -1.49. The Morgan fingerprint density at radius 3 is 2.71 bits per heavy atom. The van der Waals surface area contributed by atoms with Gasteiger partial charge in [-0.15, -0.1) is 11.8 Å². The molecule has 1 heterocycles. The van der Waals surface area contributed by atoms with E-state index in [1.54, 1.807) is 16.7 Å². The number of rotatable bonds is 6. The molecule has 1 fully saturated rings. The van der Waals surface area contributed by atoms with Gasteiger partial charge >= 0.3 is 5.97 Å². The molecule has 4 nitrogen and oxygen atoms in total. The largest absolute Gasteiger partial charge is 0.481 e. The zero-order chi connectivity index (χ0) is 15.2. The first kappa shape index (κ1) is 15.9. The maximum atomic E-state index is 12.1. The molecule has 5 heteroatoms. The lowest BCUT2D eigenvalue weighted by Crippen LogP contribution is -2.30. The number of benzene rings is 1. The van der Waals surface area contributed by atoms with Gasteiger partial charge in [0.25, 0.3) is 0 Å². The number of thioether (sulfide) groups is 1. The lowest BCUT2D eigenvalue weighted by molar-refractivity contribution is -0.138. The molecule has 2 rings (SSSR count). The number of likely N-dealkylation sites (tertiary alicyclic amines) is 1. The van der Waals surface area contributed by atoms with Crippen molar-refractivity contribution in [1.82, 2.24) is 4.90 Å². The molecule has 1 amide bonds. The first-order valence-corrected chi connectivity index (χ1v) is 8.33. The minimum atomic E-state index is -0.775. The van der Waals surface area contributed by atoms with Gasteiger partial charge in [-0.3, -0.25) is 9.59 Å². The molecule has 1 aliphatic rings. The summed E-state index contributed by atoms with van der Waals surface area (Å²) in [5, 5.41) is 8.78. The summed E-state index contributed by atoms with van der Waals surface area (Å²) < 4.78 is 0. The fourth-order valence-corrected chi connectivity index (χ4v) is 3.39. The van der Waals surface area contributed by atoms with Gasteiger partial charge in [0, 0.05) is 25.3 Å². The molecule has 0 radical (unpaired) electrons. The Morgan fingerprint density at radius 2 is 2.05 bits per heavy atom. The molecule has 0 spiro atoms. The second-order valence-corrected chi connectivity index (χ2v) is 6.56. The average Bonchev–Trinajstić information content (AvgIpc) is 2.88. The van der Waals surface area contributed by atoms with Crippen LogP contribution < -0.4 is 0 Å². The fourth-order valence-electron chi connectivity index (χ4n) is 2.50. The predicted octanol–water partition coefficient (Wildman–Crippen LogP) is 2.55. The second kappa shape index (κ2) is 7.50. The Balaban J connectivity index is 1.70. The van der Waals surface area contributed by atoms with Gasteiger partial charge in [-0.05, 0) is 24.8 Å². The monoisotopic (exact) mass is 307 g/mol. The molecule has 1 aromatic carbocycles. The minimum absolute atomic E-state index is 0.119. The molecule has 0 aliphatic carbocycles. The molecule has 1 N–H and O–H groups in total. The van der Waals surface area contributed by atoms with E-state index in [9.17, 15) is 9.59 Å². The minimum Gasteiger partial charge on any atom is -0.481 e. The molecule has 1 aliphatic heterocycles. The highest BCUT2D eigenvalue weighted by Gasteiger charge is 2.27. The van der Waals surface area contributed by atoms with Crippen LogP contribution in [0.2, 0.25) is 0 Å². The van der Waals surface area contributed by atoms with E-state index in [1.807, 2.05) is 0 Å². The Kier molecular flexibility index (Phi) is 5.67. The molecular formula is C16H21NO3S. The van der Waals surface area contributed by atoms with Crippen molar-refractivity contribution in [1.29, 1.82) is 0 Å². The number of hydrogen-bond acceptors (Lipinski definition) is 3. The van der Waals surface area contributed by atoms with Gasteiger partial charge in [0.2, 0.25) is 5.91 Å². The van der Waals surface area contributed by atoms with Crippen LogP contribution in [0.1, 0.15) is 24.0 Å². The van der Waals surface area contributed by atoms with Crippen molar-refractivity contribution in [2.45, 2.75) is 25.5 Å². The molecular weight excluding hydrogens is 286 g/mol. The lowest BCUT2D eigenvalue weighted by Gasteiger charge is -2.16. The number of amides is 1. The maximum Gasteiger partial charge on any atom is 0.303 e. The Labute approximate surface area is 129 Å². The third-order valence-electron chi connectivity index (χ3n) is 3.72. The van der Waals surface area contributed by atoms with Gasteiger partial charge in [0.05, 0.1) is 5.75 Å². The predicted molar refractivity (Wildman–Crippen MR) is 84.3 cm³/mol. The smallest absolute Gasteiger partial charge is 0.303 e. The van der Waals surface area contributed by atoms with Crippen molar-refractivity contribution in [2.75, 3.05) is 18.8 Å². The van der Waals surface area contributed by atoms with Crippen molar-refractivity contribution < 1.29 is 14.7 Å². The van der Waals surface area contributed by atoms with E-state index >= 15 is 0 Å². The summed E-state index contributed by atoms with van der Waals surface area (Å²) in [4.78, 5) is 24.6. The number of carbonyl (C=O) groups excluding carboxylic acids is 1. The van der Waals surface area contributed by atoms with Crippen LogP contribution in [0.3, 0.4) is 0 Å². The molecule has 1 saturated heterocycles. The van der Waals surface area contributed by atoms with Crippen molar-refractivity contribution in [2.24, 2.45) is 5.92 Å². The molecule has 1 aromatic rings. The zero-order valence-corrected chi connectivity index (χ0v) is 13.1. The lowest BCUT2D eigenvalue weighted by atomic mass is 10.1. The van der Waals surface area contributed by atoms with Gasteiger partial charge in [-0.2, -0.15) is 0 Å². The number of aliphatic carboxylic acids is 1. The number of carboxylic acid groups (broad SMARTS) is 1. The third kappa shape index (κ3) is 5.08. The quantitative estimate of drug-likeness (QED) is 0.877. The van der Waals surface area contributed by atoms with Crippen LogP contribution in [0.5, 0.6) is 0 Å². The van der Waals surface area contributed by atoms with E-state index < -0.39 is 5.97 Å². The van der Waals surface area contributed by atoms with Crippen LogP contribution in [0.4, 0.5) is 0 Å². The number of hydrogen-bond donors (Lipinski definition) is 1. The first-order valence-electron chi connectivity index (χ1n) is 7.17. The van der Waals surface area contributed by atoms with Crippen molar-refractivity contribution >= 4 is 23.6 Å². The van der Waals surface area contributed by atoms with E-state index in [2.05, 4.69) is 31.2 Å². The third-order valence-corrected chi connectivity index (χ3v) is 4.71. The van der Waals surface area contributed by atoms with Gasteiger partial charge in [0.1, 0.15) is 0 Å². The van der Waals surface area contributed by atoms with E-state index in [0.29, 0.717) is 18.8 Å². The number of nitrogens with zero attached hydrogens (tertiary/aromatic N) is 1. The summed E-state index contributed by atoms with van der Waals surface area (Å²) in [7, 11) is 0. The normalized spacial score (nSPS) is 18.0. The van der Waals surface area contributed by atoms with Crippen LogP contribution in [0, 0.1) is 12.8 Å². The van der Waals surface area contributed by atoms with Crippen molar-refractivity contribution in [3.8, 4) is 0 Å². The van der Waals surface area contributed by atoms with Crippen LogP contribution in [-0.2, 0) is 15.3 Å². The molecule has 1 atom stereocenters. The molecule has 0 bridgehead atoms. The highest BCUT2D eigenvalue weighted by Crippen LogP contribution is 2.21. The molecule has 21 heavy (non-hydrogen) atoms. The highest BCUT2D eigenvalue weighted by atomic mass is 32.2. The Morgan fingerprint density at radius 1 is 1.33 bits per heavy atom. The fraction of sp³-hybridized carbons (Fsp3) is 0.500. The number of carboxylic acids is 1. The Bertz CT molecular complexity index is 501. The van der Waals surface area contributed by atoms with Crippen molar-refractivity contribution in [3.05, 3.63) is 35.4 Å². The van der Waals surface area contributed by atoms with Gasteiger partial charge in [0.15, 0.2) is 0 Å². The number of aryl methyl sites for hydroxylation is 1. The summed E-state index contributed by atoms with van der Waals surface area (Å²) in [5.41, 5.74) is 2.46. The second-order valence-electron chi connectivity index (χ2n) is 5.57. The SMILES string of the molecule is Cc1ccc(CSCC(=O)N2CCC(CC(=O)O)C2)cc1. The van der Waals surface area contributed by atoms with E-state index in [4.69, 9.17) is 5.11 Å². The summed E-state index contributed by atoms with van der Waals surface area (Å²) in [6.45, 7) is 3.35. The van der Waals surface area contributed by atoms with Gasteiger partial charge < -0.3 is 10.0 Å². The van der Waals surface area contributed by atoms with Crippen molar-refractivity contribution in [3.63, 3.8) is 0 Å². The van der Waals surface area contributed by atoms with E-state index in [0.717, 1.165) is 12.2 Å². The molecule has 114 valence electrons. The van der Waals surface area contributed by atoms with Crippen LogP contribution >= 0.6 is 11.8 Å². The summed E-state index contributed by atoms with van der Waals surface area (Å²) in [6.07, 6.45) is 0.973. The summed E-state index contributed by atoms with van der Waals surface area (Å²) in [5.74, 6) is 0.767. The average molecular weight is 307 g/mol. The van der Waals surface area contributed by atoms with Gasteiger partial charge in [-0.25, -0.2) is 0 Å².